The highest BCUT2D eigenvalue weighted by Gasteiger charge is 2.37. The largest absolute Gasteiger partial charge is 0.465 e. The molecule has 0 aliphatic heterocycles. The van der Waals surface area contributed by atoms with Gasteiger partial charge in [0.2, 0.25) is 0 Å². The van der Waals surface area contributed by atoms with Gasteiger partial charge in [0.05, 0.1) is 114 Å². The van der Waals surface area contributed by atoms with E-state index >= 15 is 0 Å². The number of esters is 3. The first-order valence-corrected chi connectivity index (χ1v) is 18.6. The quantitative estimate of drug-likeness (QED) is 0.0297. The summed E-state index contributed by atoms with van der Waals surface area (Å²) >= 11 is 0. The Bertz CT molecular complexity index is 1020. The minimum absolute atomic E-state index is 0.0441. The summed E-state index contributed by atoms with van der Waals surface area (Å²) in [5.74, 6) is -3.36. The van der Waals surface area contributed by atoms with Crippen molar-refractivity contribution in [1.82, 2.24) is 0 Å². The fourth-order valence-corrected chi connectivity index (χ4v) is 5.01. The molecular weight excluding hydrogens is 696 g/mol. The zero-order chi connectivity index (χ0) is 40.6. The van der Waals surface area contributed by atoms with Gasteiger partial charge in [-0.15, -0.1) is 39.5 Å². The Morgan fingerprint density at radius 2 is 0.667 bits per heavy atom. The molecule has 0 radical (unpaired) electrons. The van der Waals surface area contributed by atoms with E-state index < -0.39 is 52.9 Å². The lowest BCUT2D eigenvalue weighted by atomic mass is 9.87. The Morgan fingerprint density at radius 3 is 0.889 bits per heavy atom. The second-order valence-corrected chi connectivity index (χ2v) is 13.4. The first-order valence-electron chi connectivity index (χ1n) is 18.6. The maximum absolute atomic E-state index is 13.8. The molecule has 308 valence electrons. The average Bonchev–Trinajstić information content (AvgIpc) is 3.17. The summed E-state index contributed by atoms with van der Waals surface area (Å²) in [6.07, 6.45) is 10.6. The van der Waals surface area contributed by atoms with Crippen molar-refractivity contribution in [3.8, 4) is 0 Å². The van der Waals surface area contributed by atoms with E-state index in [1.165, 1.54) is 0 Å². The molecule has 0 atom stereocenters. The molecule has 0 saturated carbocycles. The number of hydrogen-bond donors (Lipinski definition) is 0. The highest BCUT2D eigenvalue weighted by atomic mass is 16.6. The standard InChI is InChI=1S/C42H68O12/c1-10-19-46-27-40(16-7,28-47-20-11-2)33-52-37(43)25-36(39(45)54-35-42(18-9,31-50-23-14-5)32-51-24-15-6)26-38(44)53-34-41(17-8,29-48-21-12-3)30-49-22-13-4/h10-15,36H,1-6,16-35H2,7-9H3. The van der Waals surface area contributed by atoms with E-state index in [2.05, 4.69) is 39.5 Å². The van der Waals surface area contributed by atoms with Gasteiger partial charge >= 0.3 is 17.9 Å². The third-order valence-corrected chi connectivity index (χ3v) is 8.87. The minimum atomic E-state index is -1.21. The summed E-state index contributed by atoms with van der Waals surface area (Å²) in [7, 11) is 0. The van der Waals surface area contributed by atoms with Crippen LogP contribution in [-0.2, 0) is 57.0 Å². The Hall–Kier alpha value is -3.39. The summed E-state index contributed by atoms with van der Waals surface area (Å²) < 4.78 is 51.8. The summed E-state index contributed by atoms with van der Waals surface area (Å²) in [6, 6.07) is 0. The SMILES string of the molecule is C=CCOCC(CC)(COCC=C)COC(=O)CC(CC(=O)OCC(CC)(COCC=C)COCC=C)C(=O)OCC(CC)(COCC=C)COCC=C. The molecule has 0 aliphatic rings. The molecule has 0 aliphatic carbocycles. The van der Waals surface area contributed by atoms with E-state index in [0.717, 1.165) is 0 Å². The van der Waals surface area contributed by atoms with Crippen molar-refractivity contribution in [2.24, 2.45) is 22.2 Å². The molecule has 0 heterocycles. The van der Waals surface area contributed by atoms with Crippen LogP contribution in [0.3, 0.4) is 0 Å². The van der Waals surface area contributed by atoms with Crippen LogP contribution >= 0.6 is 0 Å². The monoisotopic (exact) mass is 764 g/mol. The summed E-state index contributed by atoms with van der Waals surface area (Å²) in [6.45, 7) is 31.0. The van der Waals surface area contributed by atoms with E-state index in [0.29, 0.717) is 58.9 Å². The molecule has 12 nitrogen and oxygen atoms in total. The zero-order valence-electron chi connectivity index (χ0n) is 33.3. The topological polar surface area (TPSA) is 134 Å². The second kappa shape index (κ2) is 30.9. The van der Waals surface area contributed by atoms with E-state index in [1.807, 2.05) is 20.8 Å². The third kappa shape index (κ3) is 21.5. The van der Waals surface area contributed by atoms with Crippen LogP contribution in [0.5, 0.6) is 0 Å². The predicted octanol–water partition coefficient (Wildman–Crippen LogP) is 6.42. The second-order valence-electron chi connectivity index (χ2n) is 13.4. The molecule has 0 aromatic carbocycles. The zero-order valence-corrected chi connectivity index (χ0v) is 33.3. The van der Waals surface area contributed by atoms with Crippen LogP contribution < -0.4 is 0 Å². The summed E-state index contributed by atoms with van der Waals surface area (Å²) in [4.78, 5) is 40.6. The molecular formula is C42H68O12. The summed E-state index contributed by atoms with van der Waals surface area (Å²) in [5.41, 5.74) is -2.04. The first kappa shape index (κ1) is 50.6. The molecule has 0 saturated heterocycles. The van der Waals surface area contributed by atoms with Crippen molar-refractivity contribution in [2.75, 3.05) is 99.1 Å². The van der Waals surface area contributed by atoms with Crippen molar-refractivity contribution in [3.05, 3.63) is 75.9 Å². The molecule has 0 amide bonds. The van der Waals surface area contributed by atoms with Crippen molar-refractivity contribution in [1.29, 1.82) is 0 Å². The maximum atomic E-state index is 13.8. The lowest BCUT2D eigenvalue weighted by molar-refractivity contribution is -0.167. The van der Waals surface area contributed by atoms with Gasteiger partial charge in [-0.1, -0.05) is 57.2 Å². The van der Waals surface area contributed by atoms with Crippen LogP contribution in [0.1, 0.15) is 52.9 Å². The fraction of sp³-hybridized carbons (Fsp3) is 0.643. The minimum Gasteiger partial charge on any atom is -0.465 e. The Morgan fingerprint density at radius 1 is 0.426 bits per heavy atom. The highest BCUT2D eigenvalue weighted by molar-refractivity contribution is 5.84. The first-order chi connectivity index (χ1) is 26.0. The van der Waals surface area contributed by atoms with Crippen LogP contribution in [0.2, 0.25) is 0 Å². The van der Waals surface area contributed by atoms with Gasteiger partial charge in [0.25, 0.3) is 0 Å². The Kier molecular flexibility index (Phi) is 28.9. The smallest absolute Gasteiger partial charge is 0.310 e. The van der Waals surface area contributed by atoms with Crippen LogP contribution in [-0.4, -0.2) is 117 Å². The Labute approximate surface area is 324 Å². The van der Waals surface area contributed by atoms with Gasteiger partial charge in [0, 0.05) is 0 Å². The molecule has 0 fully saturated rings. The number of ether oxygens (including phenoxy) is 9. The summed E-state index contributed by atoms with van der Waals surface area (Å²) in [5, 5.41) is 0. The van der Waals surface area contributed by atoms with Gasteiger partial charge in [-0.3, -0.25) is 14.4 Å². The van der Waals surface area contributed by atoms with Crippen molar-refractivity contribution in [3.63, 3.8) is 0 Å². The van der Waals surface area contributed by atoms with Crippen LogP contribution in [0.4, 0.5) is 0 Å². The van der Waals surface area contributed by atoms with E-state index in [4.69, 9.17) is 42.6 Å². The number of carbonyl (C=O) groups is 3. The maximum Gasteiger partial charge on any atom is 0.310 e. The predicted molar refractivity (Wildman–Crippen MR) is 210 cm³/mol. The van der Waals surface area contributed by atoms with Crippen molar-refractivity contribution in [2.45, 2.75) is 52.9 Å². The van der Waals surface area contributed by atoms with Crippen LogP contribution in [0, 0.1) is 22.2 Å². The van der Waals surface area contributed by atoms with Gasteiger partial charge in [0.15, 0.2) is 0 Å². The van der Waals surface area contributed by atoms with Gasteiger partial charge < -0.3 is 42.6 Å². The van der Waals surface area contributed by atoms with Gasteiger partial charge in [-0.05, 0) is 19.3 Å². The van der Waals surface area contributed by atoms with Crippen molar-refractivity contribution >= 4 is 17.9 Å². The van der Waals surface area contributed by atoms with E-state index in [9.17, 15) is 14.4 Å². The lowest BCUT2D eigenvalue weighted by Crippen LogP contribution is -2.40. The highest BCUT2D eigenvalue weighted by Crippen LogP contribution is 2.28. The molecule has 0 aromatic heterocycles. The fourth-order valence-electron chi connectivity index (χ4n) is 5.01. The molecule has 54 heavy (non-hydrogen) atoms. The Balaban J connectivity index is 6.22. The van der Waals surface area contributed by atoms with Crippen molar-refractivity contribution < 1.29 is 57.0 Å². The number of rotatable bonds is 38. The van der Waals surface area contributed by atoms with E-state index in [1.54, 1.807) is 36.5 Å². The molecule has 0 N–H and O–H groups in total. The number of hydrogen-bond acceptors (Lipinski definition) is 12. The average molecular weight is 765 g/mol. The van der Waals surface area contributed by atoms with Gasteiger partial charge in [-0.25, -0.2) is 0 Å². The molecule has 0 unspecified atom stereocenters. The third-order valence-electron chi connectivity index (χ3n) is 8.87. The molecule has 0 spiro atoms. The molecule has 0 rings (SSSR count). The number of carbonyl (C=O) groups excluding carboxylic acids is 3. The van der Waals surface area contributed by atoms with Gasteiger partial charge in [0.1, 0.15) is 19.8 Å². The normalized spacial score (nSPS) is 11.8. The van der Waals surface area contributed by atoms with Crippen LogP contribution in [0.25, 0.3) is 0 Å². The van der Waals surface area contributed by atoms with Crippen LogP contribution in [0.15, 0.2) is 75.9 Å². The van der Waals surface area contributed by atoms with Gasteiger partial charge in [-0.2, -0.15) is 0 Å². The molecule has 0 bridgehead atoms. The van der Waals surface area contributed by atoms with E-state index in [-0.39, 0.29) is 59.5 Å². The molecule has 12 heteroatoms. The lowest BCUT2D eigenvalue weighted by Gasteiger charge is -2.33. The molecule has 0 aromatic rings.